The molecule has 1 aromatic rings. The number of benzene rings is 1. The molecule has 112 valence electrons. The maximum Gasteiger partial charge on any atom is 0.312 e. The van der Waals surface area contributed by atoms with E-state index in [-0.39, 0.29) is 18.1 Å². The number of nitrogens with zero attached hydrogens (tertiary/aromatic N) is 1. The molecule has 20 heavy (non-hydrogen) atoms. The lowest BCUT2D eigenvalue weighted by molar-refractivity contribution is -0.385. The number of nitro groups is 1. The molecular formula is C13H18BrClN2O3. The van der Waals surface area contributed by atoms with Crippen molar-refractivity contribution in [2.45, 2.75) is 31.7 Å². The van der Waals surface area contributed by atoms with Gasteiger partial charge in [0.25, 0.3) is 0 Å². The highest BCUT2D eigenvalue weighted by molar-refractivity contribution is 9.10. The van der Waals surface area contributed by atoms with Crippen LogP contribution < -0.4 is 10.1 Å². The first-order valence-corrected chi connectivity index (χ1v) is 7.26. The number of hydrogen-bond donors (Lipinski definition) is 1. The molecule has 0 bridgehead atoms. The quantitative estimate of drug-likeness (QED) is 0.638. The summed E-state index contributed by atoms with van der Waals surface area (Å²) in [5, 5.41) is 14.4. The first-order valence-electron chi connectivity index (χ1n) is 6.47. The number of piperidine rings is 1. The summed E-state index contributed by atoms with van der Waals surface area (Å²) in [4.78, 5) is 10.5. The molecule has 1 fully saturated rings. The normalized spacial score (nSPS) is 18.1. The van der Waals surface area contributed by atoms with Gasteiger partial charge >= 0.3 is 5.69 Å². The molecule has 1 aliphatic rings. The van der Waals surface area contributed by atoms with Crippen molar-refractivity contribution in [2.24, 2.45) is 0 Å². The highest BCUT2D eigenvalue weighted by Crippen LogP contribution is 2.30. The van der Waals surface area contributed by atoms with Gasteiger partial charge in [0.1, 0.15) is 0 Å². The third-order valence-electron chi connectivity index (χ3n) is 3.25. The molecule has 1 aliphatic heterocycles. The Kier molecular flexibility index (Phi) is 7.26. The molecule has 0 aromatic heterocycles. The van der Waals surface area contributed by atoms with Crippen molar-refractivity contribution in [3.8, 4) is 5.75 Å². The molecule has 0 saturated carbocycles. The Labute approximate surface area is 132 Å². The van der Waals surface area contributed by atoms with Crippen molar-refractivity contribution in [3.63, 3.8) is 0 Å². The fraction of sp³-hybridized carbons (Fsp3) is 0.538. The lowest BCUT2D eigenvalue weighted by Crippen LogP contribution is -2.35. The van der Waals surface area contributed by atoms with E-state index < -0.39 is 4.92 Å². The summed E-state index contributed by atoms with van der Waals surface area (Å²) in [5.41, 5.74) is 0.00554. The van der Waals surface area contributed by atoms with Gasteiger partial charge in [0.05, 0.1) is 11.5 Å². The Morgan fingerprint density at radius 3 is 2.90 bits per heavy atom. The number of nitrogens with one attached hydrogen (secondary N) is 1. The summed E-state index contributed by atoms with van der Waals surface area (Å²) in [6, 6.07) is 5.33. The first-order chi connectivity index (χ1) is 9.16. The maximum atomic E-state index is 10.9. The first kappa shape index (κ1) is 17.2. The van der Waals surface area contributed by atoms with Gasteiger partial charge in [0.2, 0.25) is 0 Å². The predicted octanol–water partition coefficient (Wildman–Crippen LogP) is 3.69. The summed E-state index contributed by atoms with van der Waals surface area (Å²) in [5.74, 6) is 0.337. The topological polar surface area (TPSA) is 64.4 Å². The van der Waals surface area contributed by atoms with Crippen molar-refractivity contribution in [1.29, 1.82) is 0 Å². The average molecular weight is 366 g/mol. The van der Waals surface area contributed by atoms with E-state index >= 15 is 0 Å². The Balaban J connectivity index is 0.00000200. The standard InChI is InChI=1S/C13H17BrN2O3.ClH/c14-10-4-5-13(12(9-10)16(17)18)19-8-6-11-3-1-2-7-15-11;/h4-5,9,11,15H,1-3,6-8H2;1H. The van der Waals surface area contributed by atoms with Gasteiger partial charge in [-0.25, -0.2) is 0 Å². The van der Waals surface area contributed by atoms with Crippen LogP contribution in [0.15, 0.2) is 22.7 Å². The highest BCUT2D eigenvalue weighted by Gasteiger charge is 2.17. The summed E-state index contributed by atoms with van der Waals surface area (Å²) < 4.78 is 6.23. The second-order valence-electron chi connectivity index (χ2n) is 4.65. The largest absolute Gasteiger partial charge is 0.487 e. The fourth-order valence-corrected chi connectivity index (χ4v) is 2.59. The molecule has 7 heteroatoms. The monoisotopic (exact) mass is 364 g/mol. The lowest BCUT2D eigenvalue weighted by Gasteiger charge is -2.23. The van der Waals surface area contributed by atoms with Gasteiger partial charge in [-0.2, -0.15) is 0 Å². The minimum absolute atomic E-state index is 0. The summed E-state index contributed by atoms with van der Waals surface area (Å²) in [7, 11) is 0. The second-order valence-corrected chi connectivity index (χ2v) is 5.57. The number of halogens is 2. The van der Waals surface area contributed by atoms with Gasteiger partial charge in [0.15, 0.2) is 5.75 Å². The van der Waals surface area contributed by atoms with E-state index in [2.05, 4.69) is 21.2 Å². The van der Waals surface area contributed by atoms with Crippen LogP contribution in [0.1, 0.15) is 25.7 Å². The summed E-state index contributed by atoms with van der Waals surface area (Å²) in [6.07, 6.45) is 4.52. The van der Waals surface area contributed by atoms with Gasteiger partial charge in [-0.15, -0.1) is 12.4 Å². The van der Waals surface area contributed by atoms with Crippen molar-refractivity contribution in [1.82, 2.24) is 5.32 Å². The molecule has 1 atom stereocenters. The van der Waals surface area contributed by atoms with E-state index in [0.29, 0.717) is 22.9 Å². The third-order valence-corrected chi connectivity index (χ3v) is 3.75. The lowest BCUT2D eigenvalue weighted by atomic mass is 10.0. The van der Waals surface area contributed by atoms with Crippen LogP contribution in [0.4, 0.5) is 5.69 Å². The van der Waals surface area contributed by atoms with Gasteiger partial charge in [-0.05, 0) is 37.9 Å². The summed E-state index contributed by atoms with van der Waals surface area (Å²) >= 11 is 3.23. The fourth-order valence-electron chi connectivity index (χ4n) is 2.24. The minimum atomic E-state index is -0.418. The van der Waals surface area contributed by atoms with Crippen LogP contribution in [-0.2, 0) is 0 Å². The molecule has 0 spiro atoms. The van der Waals surface area contributed by atoms with Gasteiger partial charge < -0.3 is 10.1 Å². The van der Waals surface area contributed by atoms with Crippen LogP contribution in [-0.4, -0.2) is 24.1 Å². The Morgan fingerprint density at radius 2 is 2.25 bits per heavy atom. The molecule has 1 heterocycles. The zero-order valence-corrected chi connectivity index (χ0v) is 13.4. The SMILES string of the molecule is Cl.O=[N+]([O-])c1cc(Br)ccc1OCCC1CCCCN1. The van der Waals surface area contributed by atoms with E-state index in [0.717, 1.165) is 19.4 Å². The van der Waals surface area contributed by atoms with E-state index in [1.54, 1.807) is 12.1 Å². The second kappa shape index (κ2) is 8.44. The van der Waals surface area contributed by atoms with E-state index in [9.17, 15) is 10.1 Å². The summed E-state index contributed by atoms with van der Waals surface area (Å²) in [6.45, 7) is 1.56. The van der Waals surface area contributed by atoms with Crippen LogP contribution in [0.25, 0.3) is 0 Å². The van der Waals surface area contributed by atoms with Crippen molar-refractivity contribution in [2.75, 3.05) is 13.2 Å². The molecule has 1 saturated heterocycles. The van der Waals surface area contributed by atoms with Gasteiger partial charge in [-0.1, -0.05) is 22.4 Å². The van der Waals surface area contributed by atoms with Crippen molar-refractivity contribution in [3.05, 3.63) is 32.8 Å². The zero-order chi connectivity index (χ0) is 13.7. The van der Waals surface area contributed by atoms with E-state index in [4.69, 9.17) is 4.74 Å². The Bertz CT molecular complexity index is 453. The molecule has 0 radical (unpaired) electrons. The molecule has 5 nitrogen and oxygen atoms in total. The number of nitro benzene ring substituents is 1. The van der Waals surface area contributed by atoms with E-state index in [1.165, 1.54) is 18.9 Å². The van der Waals surface area contributed by atoms with Crippen LogP contribution in [0, 0.1) is 10.1 Å². The Hall–Kier alpha value is -0.850. The zero-order valence-electron chi connectivity index (χ0n) is 11.0. The van der Waals surface area contributed by atoms with Crippen LogP contribution in [0.5, 0.6) is 5.75 Å². The van der Waals surface area contributed by atoms with Crippen molar-refractivity contribution >= 4 is 34.0 Å². The predicted molar refractivity (Wildman–Crippen MR) is 83.8 cm³/mol. The van der Waals surface area contributed by atoms with Crippen LogP contribution in [0.3, 0.4) is 0 Å². The van der Waals surface area contributed by atoms with E-state index in [1.807, 2.05) is 0 Å². The molecule has 2 rings (SSSR count). The van der Waals surface area contributed by atoms with Crippen molar-refractivity contribution < 1.29 is 9.66 Å². The minimum Gasteiger partial charge on any atom is -0.487 e. The maximum absolute atomic E-state index is 10.9. The molecule has 1 N–H and O–H groups in total. The molecule has 1 aromatic carbocycles. The Morgan fingerprint density at radius 1 is 1.45 bits per heavy atom. The molecular weight excluding hydrogens is 348 g/mol. The van der Waals surface area contributed by atoms with Gasteiger partial charge in [-0.3, -0.25) is 10.1 Å². The molecule has 1 unspecified atom stereocenters. The smallest absolute Gasteiger partial charge is 0.312 e. The number of hydrogen-bond acceptors (Lipinski definition) is 4. The number of rotatable bonds is 5. The van der Waals surface area contributed by atoms with Crippen LogP contribution >= 0.6 is 28.3 Å². The van der Waals surface area contributed by atoms with Gasteiger partial charge in [0, 0.05) is 16.6 Å². The number of ether oxygens (including phenoxy) is 1. The average Bonchev–Trinajstić information content (AvgIpc) is 2.41. The molecule has 0 aliphatic carbocycles. The highest BCUT2D eigenvalue weighted by atomic mass is 79.9. The third kappa shape index (κ3) is 4.92. The van der Waals surface area contributed by atoms with Crippen LogP contribution in [0.2, 0.25) is 0 Å². The molecule has 0 amide bonds.